The number of hydrogen-bond acceptors (Lipinski definition) is 6. The normalized spacial score (nSPS) is 11.5. The second kappa shape index (κ2) is 5.78. The van der Waals surface area contributed by atoms with Crippen LogP contribution in [0.4, 0.5) is 5.95 Å². The molecule has 0 aromatic carbocycles. The van der Waals surface area contributed by atoms with E-state index in [-0.39, 0.29) is 12.3 Å². The monoisotopic (exact) mass is 260 g/mol. The Morgan fingerprint density at radius 1 is 1.47 bits per heavy atom. The quantitative estimate of drug-likeness (QED) is 0.761. The predicted molar refractivity (Wildman–Crippen MR) is 64.5 cm³/mol. The summed E-state index contributed by atoms with van der Waals surface area (Å²) in [5.74, 6) is 0.761. The third-order valence-electron chi connectivity index (χ3n) is 2.04. The third-order valence-corrected chi connectivity index (χ3v) is 3.87. The van der Waals surface area contributed by atoms with Crippen molar-refractivity contribution in [1.29, 1.82) is 0 Å². The van der Waals surface area contributed by atoms with Gasteiger partial charge in [0, 0.05) is 32.9 Å². The summed E-state index contributed by atoms with van der Waals surface area (Å²) in [5, 5.41) is 2.82. The lowest BCUT2D eigenvalue weighted by atomic mass is 10.6. The van der Waals surface area contributed by atoms with Gasteiger partial charge in [0.05, 0.1) is 12.9 Å². The van der Waals surface area contributed by atoms with Gasteiger partial charge in [-0.1, -0.05) is 0 Å². The van der Waals surface area contributed by atoms with Crippen LogP contribution in [0, 0.1) is 0 Å². The molecule has 0 saturated carbocycles. The molecule has 0 amide bonds. The van der Waals surface area contributed by atoms with Crippen molar-refractivity contribution in [3.05, 3.63) is 12.3 Å². The average Bonchev–Trinajstić information content (AvgIpc) is 2.29. The van der Waals surface area contributed by atoms with E-state index in [9.17, 15) is 8.42 Å². The first-order valence-electron chi connectivity index (χ1n) is 4.97. The van der Waals surface area contributed by atoms with Crippen molar-refractivity contribution < 1.29 is 13.2 Å². The Kier molecular flexibility index (Phi) is 4.64. The summed E-state index contributed by atoms with van der Waals surface area (Å²) in [4.78, 5) is 7.94. The minimum Gasteiger partial charge on any atom is -0.481 e. The van der Waals surface area contributed by atoms with Crippen molar-refractivity contribution in [3.8, 4) is 5.88 Å². The van der Waals surface area contributed by atoms with E-state index in [1.54, 1.807) is 6.07 Å². The minimum absolute atomic E-state index is 0.0133. The number of methoxy groups -OCH3 is 1. The SMILES string of the molecule is COc1ccnc(NCCS(=O)(=O)N(C)C)n1. The van der Waals surface area contributed by atoms with Gasteiger partial charge < -0.3 is 10.1 Å². The highest BCUT2D eigenvalue weighted by molar-refractivity contribution is 7.89. The number of nitrogens with zero attached hydrogens (tertiary/aromatic N) is 3. The number of aromatic nitrogens is 2. The summed E-state index contributed by atoms with van der Waals surface area (Å²) >= 11 is 0. The molecule has 7 nitrogen and oxygen atoms in total. The van der Waals surface area contributed by atoms with Gasteiger partial charge in [0.25, 0.3) is 0 Å². The van der Waals surface area contributed by atoms with Gasteiger partial charge in [-0.25, -0.2) is 17.7 Å². The smallest absolute Gasteiger partial charge is 0.225 e. The highest BCUT2D eigenvalue weighted by atomic mass is 32.2. The highest BCUT2D eigenvalue weighted by Crippen LogP contribution is 2.06. The van der Waals surface area contributed by atoms with Gasteiger partial charge in [-0.3, -0.25) is 0 Å². The zero-order valence-corrected chi connectivity index (χ0v) is 10.9. The summed E-state index contributed by atoms with van der Waals surface area (Å²) < 4.78 is 29.0. The standard InChI is InChI=1S/C9H16N4O3S/c1-13(2)17(14,15)7-6-11-9-10-5-4-8(12-9)16-3/h4-5H,6-7H2,1-3H3,(H,10,11,12). The number of sulfonamides is 1. The van der Waals surface area contributed by atoms with Gasteiger partial charge in [-0.2, -0.15) is 4.98 Å². The number of rotatable bonds is 6. The van der Waals surface area contributed by atoms with E-state index in [1.807, 2.05) is 0 Å². The molecule has 96 valence electrons. The molecule has 0 aliphatic heterocycles. The Morgan fingerprint density at radius 2 is 2.18 bits per heavy atom. The van der Waals surface area contributed by atoms with Crippen molar-refractivity contribution in [2.45, 2.75) is 0 Å². The maximum atomic E-state index is 11.5. The van der Waals surface area contributed by atoms with Crippen molar-refractivity contribution in [2.75, 3.05) is 38.8 Å². The fraction of sp³-hybridized carbons (Fsp3) is 0.556. The highest BCUT2D eigenvalue weighted by Gasteiger charge is 2.12. The maximum Gasteiger partial charge on any atom is 0.225 e. The third kappa shape index (κ3) is 4.16. The summed E-state index contributed by atoms with van der Waals surface area (Å²) in [6.45, 7) is 0.244. The fourth-order valence-corrected chi connectivity index (χ4v) is 1.74. The lowest BCUT2D eigenvalue weighted by Crippen LogP contribution is -2.28. The van der Waals surface area contributed by atoms with E-state index in [1.165, 1.54) is 31.7 Å². The molecule has 1 aromatic heterocycles. The zero-order chi connectivity index (χ0) is 12.9. The van der Waals surface area contributed by atoms with Gasteiger partial charge in [0.15, 0.2) is 0 Å². The molecule has 1 rings (SSSR count). The molecule has 1 heterocycles. The second-order valence-electron chi connectivity index (χ2n) is 3.45. The summed E-state index contributed by atoms with van der Waals surface area (Å²) in [5.41, 5.74) is 0. The van der Waals surface area contributed by atoms with Gasteiger partial charge in [-0.15, -0.1) is 0 Å². The van der Waals surface area contributed by atoms with Gasteiger partial charge in [0.2, 0.25) is 21.9 Å². The number of nitrogens with one attached hydrogen (secondary N) is 1. The van der Waals surface area contributed by atoms with E-state index in [0.29, 0.717) is 11.8 Å². The molecular weight excluding hydrogens is 244 g/mol. The molecule has 1 aromatic rings. The molecule has 0 aliphatic rings. The number of hydrogen-bond donors (Lipinski definition) is 1. The second-order valence-corrected chi connectivity index (χ2v) is 5.75. The molecule has 1 N–H and O–H groups in total. The Balaban J connectivity index is 2.51. The molecule has 0 radical (unpaired) electrons. The summed E-state index contributed by atoms with van der Waals surface area (Å²) in [6, 6.07) is 1.61. The zero-order valence-electron chi connectivity index (χ0n) is 10.0. The van der Waals surface area contributed by atoms with Gasteiger partial charge in [0.1, 0.15) is 0 Å². The van der Waals surface area contributed by atoms with E-state index >= 15 is 0 Å². The molecular formula is C9H16N4O3S. The van der Waals surface area contributed by atoms with E-state index in [2.05, 4.69) is 15.3 Å². The van der Waals surface area contributed by atoms with Crippen LogP contribution in [0.15, 0.2) is 12.3 Å². The molecule has 0 bridgehead atoms. The Morgan fingerprint density at radius 3 is 2.76 bits per heavy atom. The molecule has 0 atom stereocenters. The molecule has 0 fully saturated rings. The van der Waals surface area contributed by atoms with Crippen LogP contribution in [0.2, 0.25) is 0 Å². The molecule has 0 spiro atoms. The van der Waals surface area contributed by atoms with Crippen LogP contribution < -0.4 is 10.1 Å². The van der Waals surface area contributed by atoms with Crippen LogP contribution in [0.1, 0.15) is 0 Å². The maximum absolute atomic E-state index is 11.5. The van der Waals surface area contributed by atoms with Crippen LogP contribution in [-0.4, -0.2) is 56.2 Å². The summed E-state index contributed by atoms with van der Waals surface area (Å²) in [6.07, 6.45) is 1.54. The Hall–Kier alpha value is -1.41. The van der Waals surface area contributed by atoms with Gasteiger partial charge >= 0.3 is 0 Å². The van der Waals surface area contributed by atoms with Gasteiger partial charge in [-0.05, 0) is 0 Å². The largest absolute Gasteiger partial charge is 0.481 e. The topological polar surface area (TPSA) is 84.4 Å². The van der Waals surface area contributed by atoms with Crippen LogP contribution in [-0.2, 0) is 10.0 Å². The van der Waals surface area contributed by atoms with Crippen molar-refractivity contribution in [1.82, 2.24) is 14.3 Å². The minimum atomic E-state index is -3.20. The Labute approximate surface area is 101 Å². The first-order chi connectivity index (χ1) is 7.95. The van der Waals surface area contributed by atoms with E-state index in [0.717, 1.165) is 0 Å². The molecule has 0 saturated heterocycles. The van der Waals surface area contributed by atoms with Crippen LogP contribution >= 0.6 is 0 Å². The molecule has 0 aliphatic carbocycles. The lowest BCUT2D eigenvalue weighted by Gasteiger charge is -2.11. The molecule has 8 heteroatoms. The van der Waals surface area contributed by atoms with Crippen LogP contribution in [0.5, 0.6) is 5.88 Å². The summed E-state index contributed by atoms with van der Waals surface area (Å²) in [7, 11) is 1.30. The fourth-order valence-electron chi connectivity index (χ4n) is 1.02. The van der Waals surface area contributed by atoms with Crippen molar-refractivity contribution >= 4 is 16.0 Å². The number of ether oxygens (including phenoxy) is 1. The van der Waals surface area contributed by atoms with Crippen molar-refractivity contribution in [2.24, 2.45) is 0 Å². The van der Waals surface area contributed by atoms with E-state index < -0.39 is 10.0 Å². The lowest BCUT2D eigenvalue weighted by molar-refractivity contribution is 0.397. The van der Waals surface area contributed by atoms with Crippen LogP contribution in [0.25, 0.3) is 0 Å². The van der Waals surface area contributed by atoms with E-state index in [4.69, 9.17) is 4.74 Å². The molecule has 17 heavy (non-hydrogen) atoms. The predicted octanol–water partition coefficient (Wildman–Crippen LogP) is -0.212. The first kappa shape index (κ1) is 13.7. The average molecular weight is 260 g/mol. The first-order valence-corrected chi connectivity index (χ1v) is 6.58. The van der Waals surface area contributed by atoms with Crippen LogP contribution in [0.3, 0.4) is 0 Å². The molecule has 0 unspecified atom stereocenters. The Bertz CT molecular complexity index is 461. The number of anilines is 1. The van der Waals surface area contributed by atoms with Crippen molar-refractivity contribution in [3.63, 3.8) is 0 Å².